The maximum absolute atomic E-state index is 13.1. The quantitative estimate of drug-likeness (QED) is 0.518. The number of nitrogens with zero attached hydrogens (tertiary/aromatic N) is 1. The van der Waals surface area contributed by atoms with E-state index in [4.69, 9.17) is 5.73 Å². The fraction of sp³-hybridized carbons (Fsp3) is 0.783. The number of carbonyl (C=O) groups is 3. The topological polar surface area (TPSA) is 92.5 Å². The number of rotatable bonds is 11. The van der Waals surface area contributed by atoms with Gasteiger partial charge in [-0.1, -0.05) is 39.2 Å². The molecule has 1 heterocycles. The fourth-order valence-corrected chi connectivity index (χ4v) is 4.48. The first kappa shape index (κ1) is 23.4. The van der Waals surface area contributed by atoms with Crippen molar-refractivity contribution in [1.82, 2.24) is 10.2 Å². The van der Waals surface area contributed by atoms with E-state index >= 15 is 0 Å². The molecule has 0 bridgehead atoms. The van der Waals surface area contributed by atoms with E-state index in [2.05, 4.69) is 11.9 Å². The Morgan fingerprint density at radius 3 is 2.48 bits per heavy atom. The molecule has 0 spiro atoms. The minimum atomic E-state index is -0.592. The number of hydrogen-bond acceptors (Lipinski definition) is 3. The van der Waals surface area contributed by atoms with E-state index in [0.717, 1.165) is 38.3 Å². The first-order chi connectivity index (χ1) is 13.8. The molecule has 1 saturated carbocycles. The Bertz CT molecular complexity index is 586. The highest BCUT2D eigenvalue weighted by atomic mass is 16.2. The van der Waals surface area contributed by atoms with E-state index in [0.29, 0.717) is 19.3 Å². The van der Waals surface area contributed by atoms with Gasteiger partial charge >= 0.3 is 0 Å². The molecule has 3 atom stereocenters. The molecule has 0 aromatic heterocycles. The van der Waals surface area contributed by atoms with Crippen molar-refractivity contribution < 1.29 is 14.4 Å². The van der Waals surface area contributed by atoms with E-state index in [1.165, 1.54) is 19.3 Å². The standard InChI is InChI=1S/C23H39N3O3/c1-4-8-18(21(24)27)19(15-16(2)3)22(28)25-20-11-5-6-13-26(23(20)29)14-12-17-9-7-10-17/h4,16-20H,1,5-15H2,2-3H3,(H2,24,27)(H,25,28)/t18?,19?,20-/m0/s1. The van der Waals surface area contributed by atoms with E-state index in [1.807, 2.05) is 18.7 Å². The molecule has 2 unspecified atom stereocenters. The van der Waals surface area contributed by atoms with Crippen LogP contribution in [0.25, 0.3) is 0 Å². The summed E-state index contributed by atoms with van der Waals surface area (Å²) in [5.74, 6) is -0.831. The minimum absolute atomic E-state index is 0.0258. The lowest BCUT2D eigenvalue weighted by atomic mass is 9.82. The molecule has 164 valence electrons. The monoisotopic (exact) mass is 405 g/mol. The van der Waals surface area contributed by atoms with Gasteiger partial charge in [-0.2, -0.15) is 0 Å². The second kappa shape index (κ2) is 11.4. The predicted molar refractivity (Wildman–Crippen MR) is 115 cm³/mol. The summed E-state index contributed by atoms with van der Waals surface area (Å²) in [7, 11) is 0. The van der Waals surface area contributed by atoms with Gasteiger partial charge in [0.1, 0.15) is 6.04 Å². The van der Waals surface area contributed by atoms with Crippen LogP contribution in [-0.2, 0) is 14.4 Å². The van der Waals surface area contributed by atoms with E-state index < -0.39 is 23.8 Å². The Labute approximate surface area is 175 Å². The SMILES string of the molecule is C=CCC(C(N)=O)C(CC(C)C)C(=O)N[C@H]1CCCCN(CCC2CCC2)C1=O. The van der Waals surface area contributed by atoms with Gasteiger partial charge in [-0.05, 0) is 50.4 Å². The van der Waals surface area contributed by atoms with Crippen molar-refractivity contribution in [2.75, 3.05) is 13.1 Å². The summed E-state index contributed by atoms with van der Waals surface area (Å²) in [4.78, 5) is 40.1. The van der Waals surface area contributed by atoms with Crippen LogP contribution in [0.4, 0.5) is 0 Å². The number of amides is 3. The van der Waals surface area contributed by atoms with Crippen LogP contribution in [0.15, 0.2) is 12.7 Å². The fourth-order valence-electron chi connectivity index (χ4n) is 4.48. The zero-order valence-electron chi connectivity index (χ0n) is 18.2. The van der Waals surface area contributed by atoms with Crippen LogP contribution in [0.1, 0.15) is 71.6 Å². The van der Waals surface area contributed by atoms with Crippen LogP contribution in [0.2, 0.25) is 0 Å². The first-order valence-corrected chi connectivity index (χ1v) is 11.3. The molecule has 1 aliphatic heterocycles. The van der Waals surface area contributed by atoms with Crippen molar-refractivity contribution >= 4 is 17.7 Å². The molecule has 3 amide bonds. The zero-order chi connectivity index (χ0) is 21.4. The van der Waals surface area contributed by atoms with Crippen LogP contribution in [0.3, 0.4) is 0 Å². The average Bonchev–Trinajstić information content (AvgIpc) is 2.78. The van der Waals surface area contributed by atoms with Gasteiger partial charge in [-0.15, -0.1) is 6.58 Å². The van der Waals surface area contributed by atoms with Crippen molar-refractivity contribution in [2.45, 2.75) is 77.7 Å². The molecule has 3 N–H and O–H groups in total. The van der Waals surface area contributed by atoms with Gasteiger partial charge in [0.2, 0.25) is 17.7 Å². The van der Waals surface area contributed by atoms with Gasteiger partial charge in [0, 0.05) is 13.1 Å². The predicted octanol–water partition coefficient (Wildman–Crippen LogP) is 3.01. The molecule has 0 radical (unpaired) electrons. The van der Waals surface area contributed by atoms with Gasteiger partial charge in [-0.25, -0.2) is 0 Å². The number of allylic oxidation sites excluding steroid dienone is 1. The number of nitrogens with two attached hydrogens (primary N) is 1. The Balaban J connectivity index is 2.05. The Hall–Kier alpha value is -1.85. The normalized spacial score (nSPS) is 22.5. The highest BCUT2D eigenvalue weighted by Crippen LogP contribution is 2.30. The highest BCUT2D eigenvalue weighted by Gasteiger charge is 2.35. The van der Waals surface area contributed by atoms with Crippen molar-refractivity contribution in [3.05, 3.63) is 12.7 Å². The summed E-state index contributed by atoms with van der Waals surface area (Å²) in [6.45, 7) is 9.29. The van der Waals surface area contributed by atoms with Gasteiger partial charge in [-0.3, -0.25) is 14.4 Å². The summed E-state index contributed by atoms with van der Waals surface area (Å²) < 4.78 is 0. The molecule has 0 aromatic rings. The first-order valence-electron chi connectivity index (χ1n) is 11.3. The number of hydrogen-bond donors (Lipinski definition) is 2. The lowest BCUT2D eigenvalue weighted by Gasteiger charge is -2.31. The minimum Gasteiger partial charge on any atom is -0.369 e. The van der Waals surface area contributed by atoms with Gasteiger partial charge < -0.3 is 16.0 Å². The molecule has 2 fully saturated rings. The van der Waals surface area contributed by atoms with Gasteiger partial charge in [0.15, 0.2) is 0 Å². The number of nitrogens with one attached hydrogen (secondary N) is 1. The molecule has 0 aromatic carbocycles. The number of likely N-dealkylation sites (tertiary alicyclic amines) is 1. The third-order valence-corrected chi connectivity index (χ3v) is 6.46. The summed E-state index contributed by atoms with van der Waals surface area (Å²) in [5, 5.41) is 2.98. The summed E-state index contributed by atoms with van der Waals surface area (Å²) >= 11 is 0. The summed E-state index contributed by atoms with van der Waals surface area (Å²) in [5.41, 5.74) is 5.59. The third-order valence-electron chi connectivity index (χ3n) is 6.46. The molecular weight excluding hydrogens is 366 g/mol. The maximum atomic E-state index is 13.1. The molecular formula is C23H39N3O3. The summed E-state index contributed by atoms with van der Waals surface area (Å²) in [6, 6.07) is -0.502. The van der Waals surface area contributed by atoms with Crippen LogP contribution in [0.5, 0.6) is 0 Å². The van der Waals surface area contributed by atoms with Crippen molar-refractivity contribution in [3.8, 4) is 0 Å². The maximum Gasteiger partial charge on any atom is 0.245 e. The molecule has 2 rings (SSSR count). The van der Waals surface area contributed by atoms with Gasteiger partial charge in [0.25, 0.3) is 0 Å². The van der Waals surface area contributed by atoms with Crippen LogP contribution in [-0.4, -0.2) is 41.8 Å². The number of carbonyl (C=O) groups excluding carboxylic acids is 3. The number of primary amides is 1. The van der Waals surface area contributed by atoms with E-state index in [-0.39, 0.29) is 17.7 Å². The second-order valence-corrected chi connectivity index (χ2v) is 9.24. The Morgan fingerprint density at radius 2 is 1.93 bits per heavy atom. The lowest BCUT2D eigenvalue weighted by Crippen LogP contribution is -2.51. The van der Waals surface area contributed by atoms with Crippen LogP contribution < -0.4 is 11.1 Å². The summed E-state index contributed by atoms with van der Waals surface area (Å²) in [6.07, 6.45) is 10.0. The van der Waals surface area contributed by atoms with Crippen LogP contribution in [0, 0.1) is 23.7 Å². The smallest absolute Gasteiger partial charge is 0.245 e. The largest absolute Gasteiger partial charge is 0.369 e. The zero-order valence-corrected chi connectivity index (χ0v) is 18.2. The lowest BCUT2D eigenvalue weighted by molar-refractivity contribution is -0.139. The highest BCUT2D eigenvalue weighted by molar-refractivity contribution is 5.91. The van der Waals surface area contributed by atoms with E-state index in [1.54, 1.807) is 6.08 Å². The Kier molecular flexibility index (Phi) is 9.18. The molecule has 6 nitrogen and oxygen atoms in total. The van der Waals surface area contributed by atoms with E-state index in [9.17, 15) is 14.4 Å². The van der Waals surface area contributed by atoms with Crippen molar-refractivity contribution in [3.63, 3.8) is 0 Å². The average molecular weight is 406 g/mol. The third kappa shape index (κ3) is 6.86. The van der Waals surface area contributed by atoms with Crippen molar-refractivity contribution in [1.29, 1.82) is 0 Å². The Morgan fingerprint density at radius 1 is 1.21 bits per heavy atom. The van der Waals surface area contributed by atoms with Crippen LogP contribution >= 0.6 is 0 Å². The molecule has 2 aliphatic rings. The molecule has 29 heavy (non-hydrogen) atoms. The molecule has 1 aliphatic carbocycles. The second-order valence-electron chi connectivity index (χ2n) is 9.24. The molecule has 1 saturated heterocycles. The van der Waals surface area contributed by atoms with Gasteiger partial charge in [0.05, 0.1) is 11.8 Å². The molecule has 6 heteroatoms. The van der Waals surface area contributed by atoms with Crippen molar-refractivity contribution in [2.24, 2.45) is 29.4 Å².